The van der Waals surface area contributed by atoms with Gasteiger partial charge < -0.3 is 9.84 Å². The van der Waals surface area contributed by atoms with Crippen molar-refractivity contribution in [1.82, 2.24) is 5.43 Å². The van der Waals surface area contributed by atoms with Crippen LogP contribution in [0.3, 0.4) is 0 Å². The molecule has 19 heavy (non-hydrogen) atoms. The van der Waals surface area contributed by atoms with Gasteiger partial charge in [0.1, 0.15) is 0 Å². The van der Waals surface area contributed by atoms with E-state index < -0.39 is 0 Å². The lowest BCUT2D eigenvalue weighted by Crippen LogP contribution is -2.30. The fraction of sp³-hybridized carbons (Fsp3) is 0.286. The van der Waals surface area contributed by atoms with E-state index in [-0.39, 0.29) is 17.6 Å². The molecule has 1 aromatic carbocycles. The summed E-state index contributed by atoms with van der Waals surface area (Å²) in [7, 11) is 1.51. The molecule has 0 spiro atoms. The number of hydrazone groups is 1. The van der Waals surface area contributed by atoms with E-state index in [1.165, 1.54) is 7.11 Å². The van der Waals surface area contributed by atoms with Crippen LogP contribution < -0.4 is 10.2 Å². The van der Waals surface area contributed by atoms with Gasteiger partial charge >= 0.3 is 0 Å². The number of phenols is 1. The van der Waals surface area contributed by atoms with Crippen molar-refractivity contribution < 1.29 is 14.6 Å². The summed E-state index contributed by atoms with van der Waals surface area (Å²) in [4.78, 5) is 11.1. The monoisotopic (exact) mass is 260 g/mol. The van der Waals surface area contributed by atoms with Crippen LogP contribution in [-0.4, -0.2) is 23.8 Å². The minimum Gasteiger partial charge on any atom is -0.504 e. The number of methoxy groups -OCH3 is 1. The molecule has 0 aliphatic carbocycles. The number of hydrogen-bond donors (Lipinski definition) is 2. The van der Waals surface area contributed by atoms with Crippen molar-refractivity contribution in [3.05, 3.63) is 29.8 Å². The van der Waals surface area contributed by atoms with Gasteiger partial charge in [0, 0.05) is 12.3 Å². The van der Waals surface area contributed by atoms with E-state index in [2.05, 4.69) is 10.5 Å². The highest BCUT2D eigenvalue weighted by molar-refractivity contribution is 6.03. The second-order valence-corrected chi connectivity index (χ2v) is 4.44. The molecule has 5 nitrogen and oxygen atoms in total. The van der Waals surface area contributed by atoms with Crippen LogP contribution in [0.2, 0.25) is 0 Å². The molecule has 1 aliphatic rings. The number of nitrogens with one attached hydrogen (secondary N) is 1. The highest BCUT2D eigenvalue weighted by Gasteiger charge is 2.17. The van der Waals surface area contributed by atoms with Crippen molar-refractivity contribution >= 4 is 17.7 Å². The molecule has 2 rings (SSSR count). The van der Waals surface area contributed by atoms with Crippen molar-refractivity contribution in [2.24, 2.45) is 11.0 Å². The molecule has 5 heteroatoms. The van der Waals surface area contributed by atoms with E-state index in [0.29, 0.717) is 12.2 Å². The van der Waals surface area contributed by atoms with E-state index in [9.17, 15) is 9.90 Å². The SMILES string of the molecule is COc1ccc(C=CC2=NNC(=O)CC2C)cc1O. The van der Waals surface area contributed by atoms with Crippen molar-refractivity contribution in [3.8, 4) is 11.5 Å². The molecule has 1 heterocycles. The summed E-state index contributed by atoms with van der Waals surface area (Å²) in [5, 5.41) is 13.7. The second kappa shape index (κ2) is 5.56. The highest BCUT2D eigenvalue weighted by Crippen LogP contribution is 2.26. The summed E-state index contributed by atoms with van der Waals surface area (Å²) in [6.07, 6.45) is 4.12. The van der Waals surface area contributed by atoms with E-state index in [1.807, 2.05) is 25.1 Å². The number of allylic oxidation sites excluding steroid dienone is 1. The molecule has 1 amide bonds. The molecule has 0 radical (unpaired) electrons. The summed E-state index contributed by atoms with van der Waals surface area (Å²) in [6, 6.07) is 5.15. The van der Waals surface area contributed by atoms with Gasteiger partial charge in [0.05, 0.1) is 12.8 Å². The third-order valence-corrected chi connectivity index (χ3v) is 2.96. The van der Waals surface area contributed by atoms with Crippen LogP contribution in [0.4, 0.5) is 0 Å². The Morgan fingerprint density at radius 2 is 2.26 bits per heavy atom. The van der Waals surface area contributed by atoms with Gasteiger partial charge in [-0.05, 0) is 23.8 Å². The third-order valence-electron chi connectivity index (χ3n) is 2.96. The maximum absolute atomic E-state index is 11.1. The van der Waals surface area contributed by atoms with Crippen molar-refractivity contribution in [2.75, 3.05) is 7.11 Å². The Kier molecular flexibility index (Phi) is 3.85. The molecular weight excluding hydrogens is 244 g/mol. The van der Waals surface area contributed by atoms with Crippen LogP contribution in [0.5, 0.6) is 11.5 Å². The van der Waals surface area contributed by atoms with Gasteiger partial charge in [-0.1, -0.05) is 19.1 Å². The number of benzene rings is 1. The first-order valence-corrected chi connectivity index (χ1v) is 6.01. The van der Waals surface area contributed by atoms with Crippen LogP contribution in [0, 0.1) is 5.92 Å². The summed E-state index contributed by atoms with van der Waals surface area (Å²) in [5.41, 5.74) is 4.11. The zero-order chi connectivity index (χ0) is 13.8. The number of phenolic OH excluding ortho intramolecular Hbond substituents is 1. The molecule has 2 N–H and O–H groups in total. The summed E-state index contributed by atoms with van der Waals surface area (Å²) < 4.78 is 4.98. The van der Waals surface area contributed by atoms with E-state index in [4.69, 9.17) is 4.74 Å². The number of nitrogens with zero attached hydrogens (tertiary/aromatic N) is 1. The van der Waals surface area contributed by atoms with Gasteiger partial charge in [0.2, 0.25) is 5.91 Å². The number of rotatable bonds is 3. The number of hydrogen-bond acceptors (Lipinski definition) is 4. The highest BCUT2D eigenvalue weighted by atomic mass is 16.5. The van der Waals surface area contributed by atoms with Gasteiger partial charge in [-0.2, -0.15) is 5.10 Å². The first-order valence-electron chi connectivity index (χ1n) is 6.01. The minimum atomic E-state index is -0.0632. The Hall–Kier alpha value is -2.30. The van der Waals surface area contributed by atoms with Crippen LogP contribution in [0.1, 0.15) is 18.9 Å². The van der Waals surface area contributed by atoms with Crippen LogP contribution in [0.15, 0.2) is 29.4 Å². The van der Waals surface area contributed by atoms with Gasteiger partial charge in [-0.3, -0.25) is 4.79 Å². The van der Waals surface area contributed by atoms with Crippen molar-refractivity contribution in [3.63, 3.8) is 0 Å². The zero-order valence-corrected chi connectivity index (χ0v) is 10.9. The summed E-state index contributed by atoms with van der Waals surface area (Å²) in [6.45, 7) is 1.95. The molecule has 1 atom stereocenters. The first-order chi connectivity index (χ1) is 9.10. The van der Waals surface area contributed by atoms with Crippen molar-refractivity contribution in [2.45, 2.75) is 13.3 Å². The minimum absolute atomic E-state index is 0.0632. The Morgan fingerprint density at radius 3 is 2.89 bits per heavy atom. The first kappa shape index (κ1) is 13.1. The lowest BCUT2D eigenvalue weighted by molar-refractivity contribution is -0.121. The normalized spacial score (nSPS) is 19.2. The molecule has 0 bridgehead atoms. The lowest BCUT2D eigenvalue weighted by Gasteiger charge is -2.16. The number of carbonyl (C=O) groups is 1. The third kappa shape index (κ3) is 3.13. The van der Waals surface area contributed by atoms with Crippen LogP contribution in [-0.2, 0) is 4.79 Å². The van der Waals surface area contributed by atoms with E-state index in [1.54, 1.807) is 12.1 Å². The molecule has 1 aromatic rings. The second-order valence-electron chi connectivity index (χ2n) is 4.44. The van der Waals surface area contributed by atoms with Gasteiger partial charge in [0.15, 0.2) is 11.5 Å². The lowest BCUT2D eigenvalue weighted by atomic mass is 9.99. The number of carbonyl (C=O) groups excluding carboxylic acids is 1. The Bertz CT molecular complexity index is 550. The standard InChI is InChI=1S/C14H16N2O3/c1-9-7-14(18)16-15-11(9)5-3-10-4-6-13(19-2)12(17)8-10/h3-6,8-9,17H,7H2,1-2H3,(H,16,18). The van der Waals surface area contributed by atoms with Crippen LogP contribution >= 0.6 is 0 Å². The average molecular weight is 260 g/mol. The molecular formula is C14H16N2O3. The smallest absolute Gasteiger partial charge is 0.240 e. The number of amides is 1. The van der Waals surface area contributed by atoms with Crippen molar-refractivity contribution in [1.29, 1.82) is 0 Å². The molecule has 1 aliphatic heterocycles. The van der Waals surface area contributed by atoms with Gasteiger partial charge in [0.25, 0.3) is 0 Å². The van der Waals surface area contributed by atoms with Gasteiger partial charge in [-0.25, -0.2) is 5.43 Å². The number of ether oxygens (including phenoxy) is 1. The molecule has 0 fully saturated rings. The maximum Gasteiger partial charge on any atom is 0.240 e. The maximum atomic E-state index is 11.1. The molecule has 1 unspecified atom stereocenters. The Balaban J connectivity index is 2.14. The van der Waals surface area contributed by atoms with Crippen LogP contribution in [0.25, 0.3) is 6.08 Å². The quantitative estimate of drug-likeness (QED) is 0.872. The summed E-state index contributed by atoms with van der Waals surface area (Å²) in [5.74, 6) is 0.563. The fourth-order valence-electron chi connectivity index (χ4n) is 1.86. The van der Waals surface area contributed by atoms with Gasteiger partial charge in [-0.15, -0.1) is 0 Å². The Morgan fingerprint density at radius 1 is 1.47 bits per heavy atom. The Labute approximate surface area is 111 Å². The zero-order valence-electron chi connectivity index (χ0n) is 10.9. The molecule has 0 saturated heterocycles. The predicted molar refractivity (Wildman–Crippen MR) is 73.1 cm³/mol. The molecule has 0 aromatic heterocycles. The molecule has 100 valence electrons. The largest absolute Gasteiger partial charge is 0.504 e. The fourth-order valence-corrected chi connectivity index (χ4v) is 1.86. The van der Waals surface area contributed by atoms with E-state index >= 15 is 0 Å². The average Bonchev–Trinajstić information content (AvgIpc) is 2.38. The number of aromatic hydroxyl groups is 1. The topological polar surface area (TPSA) is 70.9 Å². The summed E-state index contributed by atoms with van der Waals surface area (Å²) >= 11 is 0. The van der Waals surface area contributed by atoms with E-state index in [0.717, 1.165) is 11.3 Å². The predicted octanol–water partition coefficient (Wildman–Crippen LogP) is 1.93. The molecule has 0 saturated carbocycles.